The number of carbonyl (C=O) groups is 1. The summed E-state index contributed by atoms with van der Waals surface area (Å²) in [7, 11) is 0. The number of nitrogens with one attached hydrogen (secondary N) is 1. The standard InChI is InChI=1S/C16H23N3O/c1-5-7-15(17)16(20)18-13-8-10-14(11-9-13)19(6-2)12(3)4/h1,8-12,15H,6-7,17H2,2-4H3,(H,18,20). The number of benzene rings is 1. The SMILES string of the molecule is C#CCC(N)C(=O)Nc1ccc(N(CC)C(C)C)cc1. The maximum atomic E-state index is 11.7. The van der Waals surface area contributed by atoms with Crippen molar-refractivity contribution < 1.29 is 4.79 Å². The van der Waals surface area contributed by atoms with Crippen molar-refractivity contribution in [1.82, 2.24) is 0 Å². The third-order valence-electron chi connectivity index (χ3n) is 3.11. The molecule has 0 aliphatic carbocycles. The van der Waals surface area contributed by atoms with Gasteiger partial charge in [-0.25, -0.2) is 0 Å². The maximum Gasteiger partial charge on any atom is 0.242 e. The van der Waals surface area contributed by atoms with Crippen LogP contribution in [-0.4, -0.2) is 24.5 Å². The molecule has 0 aliphatic heterocycles. The van der Waals surface area contributed by atoms with Crippen LogP contribution in [0.3, 0.4) is 0 Å². The fraction of sp³-hybridized carbons (Fsp3) is 0.438. The van der Waals surface area contributed by atoms with Crippen molar-refractivity contribution >= 4 is 17.3 Å². The predicted molar refractivity (Wildman–Crippen MR) is 84.7 cm³/mol. The molecule has 108 valence electrons. The van der Waals surface area contributed by atoms with E-state index in [-0.39, 0.29) is 12.3 Å². The molecule has 4 heteroatoms. The van der Waals surface area contributed by atoms with Crippen molar-refractivity contribution in [2.24, 2.45) is 5.73 Å². The van der Waals surface area contributed by atoms with Crippen molar-refractivity contribution in [3.63, 3.8) is 0 Å². The molecule has 3 N–H and O–H groups in total. The highest BCUT2D eigenvalue weighted by molar-refractivity contribution is 5.95. The molecule has 1 aromatic rings. The fourth-order valence-corrected chi connectivity index (χ4v) is 2.04. The highest BCUT2D eigenvalue weighted by Gasteiger charge is 2.12. The first-order valence-electron chi connectivity index (χ1n) is 6.86. The largest absolute Gasteiger partial charge is 0.369 e. The topological polar surface area (TPSA) is 58.4 Å². The van der Waals surface area contributed by atoms with E-state index in [2.05, 4.69) is 36.9 Å². The Morgan fingerprint density at radius 1 is 1.40 bits per heavy atom. The summed E-state index contributed by atoms with van der Waals surface area (Å²) < 4.78 is 0. The molecule has 1 unspecified atom stereocenters. The van der Waals surface area contributed by atoms with E-state index in [9.17, 15) is 4.79 Å². The average molecular weight is 273 g/mol. The van der Waals surface area contributed by atoms with E-state index in [4.69, 9.17) is 12.2 Å². The summed E-state index contributed by atoms with van der Waals surface area (Å²) in [6, 6.07) is 7.51. The molecule has 1 amide bonds. The van der Waals surface area contributed by atoms with Gasteiger partial charge in [0.1, 0.15) is 0 Å². The molecule has 0 spiro atoms. The zero-order chi connectivity index (χ0) is 15.1. The Balaban J connectivity index is 2.72. The smallest absolute Gasteiger partial charge is 0.242 e. The third kappa shape index (κ3) is 4.29. The van der Waals surface area contributed by atoms with E-state index in [0.29, 0.717) is 6.04 Å². The van der Waals surface area contributed by atoms with E-state index in [1.165, 1.54) is 0 Å². The summed E-state index contributed by atoms with van der Waals surface area (Å²) in [5.41, 5.74) is 7.51. The minimum Gasteiger partial charge on any atom is -0.369 e. The van der Waals surface area contributed by atoms with Gasteiger partial charge in [-0.3, -0.25) is 4.79 Å². The molecule has 4 nitrogen and oxygen atoms in total. The van der Waals surface area contributed by atoms with Crippen LogP contribution in [0.5, 0.6) is 0 Å². The van der Waals surface area contributed by atoms with Gasteiger partial charge in [-0.05, 0) is 45.0 Å². The number of carbonyl (C=O) groups excluding carboxylic acids is 1. The number of nitrogens with two attached hydrogens (primary N) is 1. The predicted octanol–water partition coefficient (Wildman–Crippen LogP) is 2.21. The molecule has 20 heavy (non-hydrogen) atoms. The Morgan fingerprint density at radius 2 is 2.00 bits per heavy atom. The minimum atomic E-state index is -0.664. The van der Waals surface area contributed by atoms with Crippen molar-refractivity contribution in [3.8, 4) is 12.3 Å². The molecule has 0 aromatic heterocycles. The molecule has 1 atom stereocenters. The van der Waals surface area contributed by atoms with Crippen LogP contribution < -0.4 is 16.0 Å². The highest BCUT2D eigenvalue weighted by atomic mass is 16.2. The normalized spacial score (nSPS) is 11.8. The molecule has 0 saturated heterocycles. The van der Waals surface area contributed by atoms with Gasteiger partial charge in [0.05, 0.1) is 6.04 Å². The molecule has 1 aromatic carbocycles. The van der Waals surface area contributed by atoms with Crippen LogP contribution in [0, 0.1) is 12.3 Å². The quantitative estimate of drug-likeness (QED) is 0.781. The number of rotatable bonds is 6. The second-order valence-corrected chi connectivity index (χ2v) is 4.93. The van der Waals surface area contributed by atoms with Crippen LogP contribution in [0.25, 0.3) is 0 Å². The second kappa shape index (κ2) is 7.56. The third-order valence-corrected chi connectivity index (χ3v) is 3.11. The number of terminal acetylenes is 1. The van der Waals surface area contributed by atoms with E-state index >= 15 is 0 Å². The van der Waals surface area contributed by atoms with Gasteiger partial charge >= 0.3 is 0 Å². The van der Waals surface area contributed by atoms with Gasteiger partial charge in [-0.15, -0.1) is 12.3 Å². The Kier molecular flexibility index (Phi) is 6.08. The van der Waals surface area contributed by atoms with Crippen molar-refractivity contribution in [2.75, 3.05) is 16.8 Å². The summed E-state index contributed by atoms with van der Waals surface area (Å²) in [6.45, 7) is 7.36. The van der Waals surface area contributed by atoms with Gasteiger partial charge < -0.3 is 16.0 Å². The molecule has 0 saturated carbocycles. The maximum absolute atomic E-state index is 11.7. The zero-order valence-electron chi connectivity index (χ0n) is 12.4. The first kappa shape index (κ1) is 16.1. The number of hydrogen-bond acceptors (Lipinski definition) is 3. The summed E-state index contributed by atoms with van der Waals surface area (Å²) >= 11 is 0. The van der Waals surface area contributed by atoms with Crippen LogP contribution in [0.1, 0.15) is 27.2 Å². The van der Waals surface area contributed by atoms with Crippen LogP contribution in [0.15, 0.2) is 24.3 Å². The zero-order valence-corrected chi connectivity index (χ0v) is 12.4. The van der Waals surface area contributed by atoms with Crippen LogP contribution in [0.2, 0.25) is 0 Å². The monoisotopic (exact) mass is 273 g/mol. The molecule has 1 rings (SSSR count). The molecule has 0 fully saturated rings. The van der Waals surface area contributed by atoms with E-state index in [0.717, 1.165) is 17.9 Å². The molecule has 0 bridgehead atoms. The van der Waals surface area contributed by atoms with Gasteiger partial charge in [-0.2, -0.15) is 0 Å². The number of nitrogens with zero attached hydrogens (tertiary/aromatic N) is 1. The Hall–Kier alpha value is -1.99. The molecule has 0 heterocycles. The summed E-state index contributed by atoms with van der Waals surface area (Å²) in [6.07, 6.45) is 5.38. The van der Waals surface area contributed by atoms with E-state index in [1.54, 1.807) is 0 Å². The molecule has 0 radical (unpaired) electrons. The molecular formula is C16H23N3O. The molecule has 0 aliphatic rings. The van der Waals surface area contributed by atoms with E-state index < -0.39 is 6.04 Å². The van der Waals surface area contributed by atoms with Gasteiger partial charge in [-0.1, -0.05) is 0 Å². The van der Waals surface area contributed by atoms with Crippen LogP contribution in [0.4, 0.5) is 11.4 Å². The average Bonchev–Trinajstić information content (AvgIpc) is 2.41. The van der Waals surface area contributed by atoms with Gasteiger partial charge in [0.25, 0.3) is 0 Å². The first-order valence-corrected chi connectivity index (χ1v) is 6.86. The van der Waals surface area contributed by atoms with E-state index in [1.807, 2.05) is 24.3 Å². The lowest BCUT2D eigenvalue weighted by Gasteiger charge is -2.27. The minimum absolute atomic E-state index is 0.237. The fourth-order valence-electron chi connectivity index (χ4n) is 2.04. The Bertz CT molecular complexity index is 473. The van der Waals surface area contributed by atoms with Crippen molar-refractivity contribution in [1.29, 1.82) is 0 Å². The van der Waals surface area contributed by atoms with Crippen LogP contribution >= 0.6 is 0 Å². The number of hydrogen-bond donors (Lipinski definition) is 2. The Labute approximate surface area is 121 Å². The second-order valence-electron chi connectivity index (χ2n) is 4.93. The molecular weight excluding hydrogens is 250 g/mol. The van der Waals surface area contributed by atoms with Gasteiger partial charge in [0, 0.05) is 30.4 Å². The number of anilines is 2. The summed E-state index contributed by atoms with van der Waals surface area (Å²) in [5.74, 6) is 2.13. The van der Waals surface area contributed by atoms with Crippen LogP contribution in [-0.2, 0) is 4.79 Å². The first-order chi connectivity index (χ1) is 9.49. The van der Waals surface area contributed by atoms with Gasteiger partial charge in [0.15, 0.2) is 0 Å². The van der Waals surface area contributed by atoms with Crippen molar-refractivity contribution in [3.05, 3.63) is 24.3 Å². The summed E-state index contributed by atoms with van der Waals surface area (Å²) in [4.78, 5) is 14.0. The highest BCUT2D eigenvalue weighted by Crippen LogP contribution is 2.19. The number of amides is 1. The van der Waals surface area contributed by atoms with Crippen molar-refractivity contribution in [2.45, 2.75) is 39.3 Å². The Morgan fingerprint density at radius 3 is 2.45 bits per heavy atom. The lowest BCUT2D eigenvalue weighted by atomic mass is 10.2. The van der Waals surface area contributed by atoms with Gasteiger partial charge in [0.2, 0.25) is 5.91 Å². The lowest BCUT2D eigenvalue weighted by Crippen LogP contribution is -2.35. The lowest BCUT2D eigenvalue weighted by molar-refractivity contribution is -0.117. The summed E-state index contributed by atoms with van der Waals surface area (Å²) in [5, 5.41) is 2.76.